The van der Waals surface area contributed by atoms with Crippen LogP contribution in [0.4, 0.5) is 0 Å². The molecule has 2 aromatic heterocycles. The zero-order valence-corrected chi connectivity index (χ0v) is 11.4. The van der Waals surface area contributed by atoms with E-state index in [9.17, 15) is 0 Å². The maximum atomic E-state index is 6.33. The molecule has 0 amide bonds. The third kappa shape index (κ3) is 2.53. The molecule has 0 saturated carbocycles. The summed E-state index contributed by atoms with van der Waals surface area (Å²) < 4.78 is 5.22. The second-order valence-electron chi connectivity index (χ2n) is 4.22. The van der Waals surface area contributed by atoms with Crippen LogP contribution in [0.3, 0.4) is 0 Å². The quantitative estimate of drug-likeness (QED) is 0.692. The molecule has 100 valence electrons. The average molecular weight is 287 g/mol. The van der Waals surface area contributed by atoms with E-state index in [4.69, 9.17) is 16.1 Å². The molecule has 2 heterocycles. The van der Waals surface area contributed by atoms with Crippen LogP contribution in [0, 0.1) is 6.92 Å². The lowest BCUT2D eigenvalue weighted by Crippen LogP contribution is -1.94. The fourth-order valence-corrected chi connectivity index (χ4v) is 2.02. The number of alkyl halides is 1. The van der Waals surface area contributed by atoms with E-state index in [0.717, 1.165) is 5.56 Å². The van der Waals surface area contributed by atoms with E-state index >= 15 is 0 Å². The van der Waals surface area contributed by atoms with Gasteiger partial charge in [-0.1, -0.05) is 35.5 Å². The van der Waals surface area contributed by atoms with Gasteiger partial charge in [0.2, 0.25) is 11.7 Å². The van der Waals surface area contributed by atoms with E-state index in [1.165, 1.54) is 0 Å². The van der Waals surface area contributed by atoms with Crippen molar-refractivity contribution >= 4 is 11.6 Å². The van der Waals surface area contributed by atoms with Crippen molar-refractivity contribution in [2.45, 2.75) is 12.3 Å². The number of aryl methyl sites for hydroxylation is 1. The van der Waals surface area contributed by atoms with E-state index in [1.807, 2.05) is 30.3 Å². The predicted octanol–water partition coefficient (Wildman–Crippen LogP) is 3.16. The molecular formula is C14H11ClN4O. The summed E-state index contributed by atoms with van der Waals surface area (Å²) in [4.78, 5) is 12.6. The average Bonchev–Trinajstić information content (AvgIpc) is 2.97. The molecule has 1 aromatic carbocycles. The Hall–Kier alpha value is -2.27. The number of aromatic nitrogens is 4. The normalized spacial score (nSPS) is 12.3. The molecule has 0 aliphatic rings. The van der Waals surface area contributed by atoms with Crippen LogP contribution >= 0.6 is 11.6 Å². The second kappa shape index (κ2) is 5.38. The summed E-state index contributed by atoms with van der Waals surface area (Å²) in [5, 5.41) is 3.44. The zero-order chi connectivity index (χ0) is 13.9. The summed E-state index contributed by atoms with van der Waals surface area (Å²) in [7, 11) is 0. The Morgan fingerprint density at radius 2 is 1.90 bits per heavy atom. The maximum absolute atomic E-state index is 6.33. The van der Waals surface area contributed by atoms with Gasteiger partial charge in [-0.3, -0.25) is 0 Å². The molecule has 1 unspecified atom stereocenters. The zero-order valence-electron chi connectivity index (χ0n) is 10.7. The molecule has 0 N–H and O–H groups in total. The number of hydrogen-bond donors (Lipinski definition) is 0. The van der Waals surface area contributed by atoms with Crippen LogP contribution in [-0.2, 0) is 0 Å². The molecule has 5 nitrogen and oxygen atoms in total. The van der Waals surface area contributed by atoms with Gasteiger partial charge in [0.15, 0.2) is 0 Å². The molecule has 0 saturated heterocycles. The van der Waals surface area contributed by atoms with E-state index in [-0.39, 0.29) is 0 Å². The monoisotopic (exact) mass is 286 g/mol. The van der Waals surface area contributed by atoms with E-state index in [1.54, 1.807) is 19.2 Å². The first-order valence-electron chi connectivity index (χ1n) is 6.06. The minimum Gasteiger partial charge on any atom is -0.337 e. The highest BCUT2D eigenvalue weighted by Crippen LogP contribution is 2.28. The van der Waals surface area contributed by atoms with Crippen molar-refractivity contribution in [2.24, 2.45) is 0 Å². The third-order valence-corrected chi connectivity index (χ3v) is 3.19. The van der Waals surface area contributed by atoms with Crippen LogP contribution in [0.25, 0.3) is 11.5 Å². The third-order valence-electron chi connectivity index (χ3n) is 2.76. The molecule has 0 bridgehead atoms. The highest BCUT2D eigenvalue weighted by molar-refractivity contribution is 6.22. The molecule has 0 aliphatic carbocycles. The number of benzene rings is 1. The summed E-state index contributed by atoms with van der Waals surface area (Å²) in [5.41, 5.74) is 1.52. The summed E-state index contributed by atoms with van der Waals surface area (Å²) >= 11 is 6.33. The van der Waals surface area contributed by atoms with Gasteiger partial charge in [-0.15, -0.1) is 11.6 Å². The first kappa shape index (κ1) is 12.7. The van der Waals surface area contributed by atoms with Crippen LogP contribution in [0.15, 0.2) is 47.1 Å². The topological polar surface area (TPSA) is 64.7 Å². The van der Waals surface area contributed by atoms with Crippen LogP contribution < -0.4 is 0 Å². The number of rotatable bonds is 3. The van der Waals surface area contributed by atoms with Crippen molar-refractivity contribution < 1.29 is 4.52 Å². The van der Waals surface area contributed by atoms with Crippen molar-refractivity contribution in [3.63, 3.8) is 0 Å². The Morgan fingerprint density at radius 3 is 2.65 bits per heavy atom. The Bertz CT molecular complexity index is 714. The molecule has 0 radical (unpaired) electrons. The maximum Gasteiger partial charge on any atom is 0.249 e. The standard InChI is InChI=1S/C14H11ClN4O/c1-9-16-8-7-11(17-9)13-18-14(20-19-13)12(15)10-5-3-2-4-6-10/h2-8,12H,1H3. The molecule has 20 heavy (non-hydrogen) atoms. The van der Waals surface area contributed by atoms with E-state index in [2.05, 4.69) is 20.1 Å². The highest BCUT2D eigenvalue weighted by Gasteiger charge is 2.19. The molecule has 0 fully saturated rings. The first-order valence-corrected chi connectivity index (χ1v) is 6.50. The van der Waals surface area contributed by atoms with Gasteiger partial charge in [0, 0.05) is 6.20 Å². The van der Waals surface area contributed by atoms with Crippen LogP contribution in [0.5, 0.6) is 0 Å². The van der Waals surface area contributed by atoms with E-state index in [0.29, 0.717) is 23.2 Å². The molecule has 0 spiro atoms. The fraction of sp³-hybridized carbons (Fsp3) is 0.143. The molecule has 3 aromatic rings. The van der Waals surface area contributed by atoms with Crippen molar-refractivity contribution in [1.82, 2.24) is 20.1 Å². The Labute approximate surface area is 120 Å². The number of hydrogen-bond acceptors (Lipinski definition) is 5. The van der Waals surface area contributed by atoms with Gasteiger partial charge in [0.05, 0.1) is 0 Å². The Kier molecular flexibility index (Phi) is 3.43. The van der Waals surface area contributed by atoms with Crippen LogP contribution in [0.2, 0.25) is 0 Å². The highest BCUT2D eigenvalue weighted by atomic mass is 35.5. The van der Waals surface area contributed by atoms with Crippen molar-refractivity contribution in [3.8, 4) is 11.5 Å². The molecule has 1 atom stereocenters. The van der Waals surface area contributed by atoms with Crippen molar-refractivity contribution in [2.75, 3.05) is 0 Å². The number of nitrogens with zero attached hydrogens (tertiary/aromatic N) is 4. The van der Waals surface area contributed by atoms with Gasteiger partial charge in [-0.05, 0) is 18.6 Å². The summed E-state index contributed by atoms with van der Waals surface area (Å²) in [6.07, 6.45) is 1.66. The van der Waals surface area contributed by atoms with Gasteiger partial charge in [0.1, 0.15) is 16.9 Å². The van der Waals surface area contributed by atoms with Crippen molar-refractivity contribution in [1.29, 1.82) is 0 Å². The van der Waals surface area contributed by atoms with Crippen molar-refractivity contribution in [3.05, 3.63) is 59.9 Å². The van der Waals surface area contributed by atoms with Crippen LogP contribution in [0.1, 0.15) is 22.7 Å². The van der Waals surface area contributed by atoms with Gasteiger partial charge >= 0.3 is 0 Å². The number of halogens is 1. The predicted molar refractivity (Wildman–Crippen MR) is 74.2 cm³/mol. The minimum atomic E-state index is -0.472. The summed E-state index contributed by atoms with van der Waals surface area (Å²) in [6, 6.07) is 11.3. The first-order chi connectivity index (χ1) is 9.74. The molecule has 6 heteroatoms. The molecule has 3 rings (SSSR count). The largest absolute Gasteiger partial charge is 0.337 e. The SMILES string of the molecule is Cc1nccc(-c2noc(C(Cl)c3ccccc3)n2)n1. The lowest BCUT2D eigenvalue weighted by atomic mass is 10.1. The smallest absolute Gasteiger partial charge is 0.249 e. The van der Waals surface area contributed by atoms with Crippen LogP contribution in [-0.4, -0.2) is 20.1 Å². The van der Waals surface area contributed by atoms with Gasteiger partial charge < -0.3 is 4.52 Å². The van der Waals surface area contributed by atoms with E-state index < -0.39 is 5.38 Å². The lowest BCUT2D eigenvalue weighted by molar-refractivity contribution is 0.383. The minimum absolute atomic E-state index is 0.351. The summed E-state index contributed by atoms with van der Waals surface area (Å²) in [6.45, 7) is 1.80. The summed E-state index contributed by atoms with van der Waals surface area (Å²) in [5.74, 6) is 1.41. The fourth-order valence-electron chi connectivity index (χ4n) is 1.79. The molecule has 0 aliphatic heterocycles. The lowest BCUT2D eigenvalue weighted by Gasteiger charge is -2.03. The van der Waals surface area contributed by atoms with Gasteiger partial charge in [-0.25, -0.2) is 9.97 Å². The van der Waals surface area contributed by atoms with Gasteiger partial charge in [0.25, 0.3) is 0 Å². The van der Waals surface area contributed by atoms with Gasteiger partial charge in [-0.2, -0.15) is 4.98 Å². The Balaban J connectivity index is 1.91. The second-order valence-corrected chi connectivity index (χ2v) is 4.65. The molecular weight excluding hydrogens is 276 g/mol. The Morgan fingerprint density at radius 1 is 1.10 bits per heavy atom.